The maximum absolute atomic E-state index is 13.9. The second-order valence-electron chi connectivity index (χ2n) is 5.98. The highest BCUT2D eigenvalue weighted by Crippen LogP contribution is 2.23. The number of benzene rings is 1. The summed E-state index contributed by atoms with van der Waals surface area (Å²) in [4.78, 5) is 25.3. The minimum Gasteiger partial charge on any atom is -0.323 e. The van der Waals surface area contributed by atoms with Gasteiger partial charge in [-0.05, 0) is 42.1 Å². The van der Waals surface area contributed by atoms with Crippen LogP contribution in [0.3, 0.4) is 0 Å². The van der Waals surface area contributed by atoms with Crippen LogP contribution in [-0.4, -0.2) is 25.7 Å². The molecule has 2 N–H and O–H groups in total. The van der Waals surface area contributed by atoms with Crippen molar-refractivity contribution in [2.24, 2.45) is 0 Å². The maximum atomic E-state index is 13.9. The van der Waals surface area contributed by atoms with Gasteiger partial charge in [0.2, 0.25) is 5.91 Å². The first kappa shape index (κ1) is 17.1. The maximum Gasteiger partial charge on any atom is 0.290 e. The van der Waals surface area contributed by atoms with Crippen LogP contribution in [0.15, 0.2) is 46.6 Å². The fraction of sp³-hybridized carbons (Fsp3) is 0.111. The van der Waals surface area contributed by atoms with E-state index in [4.69, 9.17) is 0 Å². The topological polar surface area (TPSA) is 92.1 Å². The molecule has 0 radical (unpaired) electrons. The van der Waals surface area contributed by atoms with Gasteiger partial charge in [0.05, 0.1) is 17.0 Å². The Balaban J connectivity index is 1.64. The normalized spacial score (nSPS) is 11.0. The fourth-order valence-corrected chi connectivity index (χ4v) is 3.36. The lowest BCUT2D eigenvalue weighted by molar-refractivity contribution is -0.115. The number of nitrogens with one attached hydrogen (secondary N) is 2. The zero-order chi connectivity index (χ0) is 19.0. The Bertz CT molecular complexity index is 1200. The third kappa shape index (κ3) is 3.36. The van der Waals surface area contributed by atoms with Crippen molar-refractivity contribution in [1.29, 1.82) is 0 Å². The predicted octanol–water partition coefficient (Wildman–Crippen LogP) is 2.77. The molecule has 0 atom stereocenters. The van der Waals surface area contributed by atoms with E-state index in [2.05, 4.69) is 20.6 Å². The van der Waals surface area contributed by atoms with E-state index >= 15 is 0 Å². The predicted molar refractivity (Wildman–Crippen MR) is 100 cm³/mol. The number of hydrogen-bond acceptors (Lipinski definition) is 5. The summed E-state index contributed by atoms with van der Waals surface area (Å²) < 4.78 is 15.3. The Hall–Kier alpha value is -3.33. The van der Waals surface area contributed by atoms with Gasteiger partial charge >= 0.3 is 0 Å². The van der Waals surface area contributed by atoms with Crippen molar-refractivity contribution in [3.05, 3.63) is 69.3 Å². The molecule has 1 aromatic carbocycles. The summed E-state index contributed by atoms with van der Waals surface area (Å²) in [5.74, 6) is -0.730. The van der Waals surface area contributed by atoms with Crippen molar-refractivity contribution in [2.45, 2.75) is 13.3 Å². The van der Waals surface area contributed by atoms with Gasteiger partial charge in [-0.25, -0.2) is 14.0 Å². The van der Waals surface area contributed by atoms with E-state index in [9.17, 15) is 14.0 Å². The van der Waals surface area contributed by atoms with Crippen LogP contribution in [0.4, 0.5) is 10.1 Å². The number of rotatable bonds is 4. The summed E-state index contributed by atoms with van der Waals surface area (Å²) in [6.07, 6.45) is -0.174. The van der Waals surface area contributed by atoms with Crippen molar-refractivity contribution >= 4 is 28.4 Å². The molecule has 7 nitrogen and oxygen atoms in total. The van der Waals surface area contributed by atoms with Crippen molar-refractivity contribution in [2.75, 3.05) is 5.32 Å². The molecule has 27 heavy (non-hydrogen) atoms. The number of carbonyl (C=O) groups excluding carboxylic acids is 1. The lowest BCUT2D eigenvalue weighted by Gasteiger charge is -2.07. The molecule has 0 spiro atoms. The zero-order valence-electron chi connectivity index (χ0n) is 14.2. The van der Waals surface area contributed by atoms with E-state index in [1.807, 2.05) is 17.5 Å². The van der Waals surface area contributed by atoms with Crippen LogP contribution in [-0.2, 0) is 11.2 Å². The molecule has 0 aliphatic carbocycles. The van der Waals surface area contributed by atoms with Gasteiger partial charge in [0.1, 0.15) is 17.0 Å². The zero-order valence-corrected chi connectivity index (χ0v) is 15.0. The van der Waals surface area contributed by atoms with Gasteiger partial charge in [0.15, 0.2) is 5.82 Å². The number of aromatic amines is 1. The van der Waals surface area contributed by atoms with Crippen molar-refractivity contribution in [3.8, 4) is 10.6 Å². The molecular formula is C18H14FN5O2S. The second kappa shape index (κ2) is 6.76. The molecule has 0 saturated heterocycles. The highest BCUT2D eigenvalue weighted by molar-refractivity contribution is 7.13. The Morgan fingerprint density at radius 2 is 2.19 bits per heavy atom. The smallest absolute Gasteiger partial charge is 0.290 e. The monoisotopic (exact) mass is 383 g/mol. The van der Waals surface area contributed by atoms with Crippen LogP contribution in [0.5, 0.6) is 0 Å². The number of anilines is 1. The molecule has 0 aliphatic rings. The summed E-state index contributed by atoms with van der Waals surface area (Å²) in [6, 6.07) is 9.97. The Morgan fingerprint density at radius 3 is 2.93 bits per heavy atom. The van der Waals surface area contributed by atoms with Gasteiger partial charge in [-0.3, -0.25) is 9.59 Å². The SMILES string of the molecule is Cc1ccc(NC(=O)Cc2n[nH]c(=O)c3cc(-c4cccs4)nn23)c(F)c1. The third-order valence-corrected chi connectivity index (χ3v) is 4.86. The molecule has 0 bridgehead atoms. The molecule has 3 aromatic heterocycles. The molecular weight excluding hydrogens is 369 g/mol. The third-order valence-electron chi connectivity index (χ3n) is 3.96. The summed E-state index contributed by atoms with van der Waals surface area (Å²) in [5.41, 5.74) is 1.35. The minimum absolute atomic E-state index is 0.0889. The standard InChI is InChI=1S/C18H14FN5O2S/c1-10-4-5-12(11(19)7-10)20-17(25)9-16-21-22-18(26)14-8-13(23-24(14)16)15-3-2-6-27-15/h2-8H,9H2,1H3,(H,20,25)(H,22,26). The van der Waals surface area contributed by atoms with Crippen LogP contribution in [0, 0.1) is 12.7 Å². The molecule has 9 heteroatoms. The Labute approximate surface area is 156 Å². The van der Waals surface area contributed by atoms with Gasteiger partial charge in [-0.1, -0.05) is 12.1 Å². The number of thiophene rings is 1. The lowest BCUT2D eigenvalue weighted by Crippen LogP contribution is -2.22. The molecule has 0 saturated carbocycles. The molecule has 0 unspecified atom stereocenters. The quantitative estimate of drug-likeness (QED) is 0.567. The highest BCUT2D eigenvalue weighted by atomic mass is 32.1. The Kier molecular flexibility index (Phi) is 4.28. The van der Waals surface area contributed by atoms with E-state index < -0.39 is 17.3 Å². The number of halogens is 1. The minimum atomic E-state index is -0.512. The van der Waals surface area contributed by atoms with E-state index in [-0.39, 0.29) is 23.4 Å². The van der Waals surface area contributed by atoms with Crippen LogP contribution in [0.25, 0.3) is 16.1 Å². The van der Waals surface area contributed by atoms with Gasteiger partial charge < -0.3 is 5.32 Å². The first-order chi connectivity index (χ1) is 13.0. The number of hydrogen-bond donors (Lipinski definition) is 2. The first-order valence-electron chi connectivity index (χ1n) is 8.08. The summed E-state index contributed by atoms with van der Waals surface area (Å²) in [7, 11) is 0. The summed E-state index contributed by atoms with van der Waals surface area (Å²) >= 11 is 1.49. The van der Waals surface area contributed by atoms with Gasteiger partial charge in [-0.15, -0.1) is 11.3 Å². The van der Waals surface area contributed by atoms with Crippen molar-refractivity contribution in [3.63, 3.8) is 0 Å². The number of nitrogens with zero attached hydrogens (tertiary/aromatic N) is 3. The summed E-state index contributed by atoms with van der Waals surface area (Å²) in [6.45, 7) is 1.76. The average molecular weight is 383 g/mol. The number of carbonyl (C=O) groups is 1. The average Bonchev–Trinajstić information content (AvgIpc) is 3.29. The largest absolute Gasteiger partial charge is 0.323 e. The number of H-pyrrole nitrogens is 1. The number of fused-ring (bicyclic) bond motifs is 1. The molecule has 3 heterocycles. The van der Waals surface area contributed by atoms with Gasteiger partial charge in [-0.2, -0.15) is 10.2 Å². The van der Waals surface area contributed by atoms with E-state index in [0.29, 0.717) is 5.69 Å². The van der Waals surface area contributed by atoms with Gasteiger partial charge in [0, 0.05) is 0 Å². The summed E-state index contributed by atoms with van der Waals surface area (Å²) in [5, 5.41) is 15.1. The molecule has 136 valence electrons. The Morgan fingerprint density at radius 1 is 1.33 bits per heavy atom. The molecule has 0 aliphatic heterocycles. The number of aromatic nitrogens is 4. The first-order valence-corrected chi connectivity index (χ1v) is 8.96. The van der Waals surface area contributed by atoms with Crippen LogP contribution in [0.2, 0.25) is 0 Å². The number of amides is 1. The highest BCUT2D eigenvalue weighted by Gasteiger charge is 2.16. The van der Waals surface area contributed by atoms with E-state index in [0.717, 1.165) is 10.4 Å². The van der Waals surface area contributed by atoms with Crippen LogP contribution >= 0.6 is 11.3 Å². The number of aryl methyl sites for hydroxylation is 1. The van der Waals surface area contributed by atoms with Crippen molar-refractivity contribution < 1.29 is 9.18 Å². The fourth-order valence-electron chi connectivity index (χ4n) is 2.68. The molecule has 4 rings (SSSR count). The van der Waals surface area contributed by atoms with E-state index in [1.54, 1.807) is 19.1 Å². The van der Waals surface area contributed by atoms with E-state index in [1.165, 1.54) is 28.0 Å². The second-order valence-corrected chi connectivity index (χ2v) is 6.93. The van der Waals surface area contributed by atoms with Crippen LogP contribution < -0.4 is 10.9 Å². The van der Waals surface area contributed by atoms with Crippen molar-refractivity contribution in [1.82, 2.24) is 19.8 Å². The molecule has 0 fully saturated rings. The van der Waals surface area contributed by atoms with Crippen LogP contribution in [0.1, 0.15) is 11.4 Å². The van der Waals surface area contributed by atoms with Gasteiger partial charge in [0.25, 0.3) is 5.56 Å². The molecule has 1 amide bonds. The lowest BCUT2D eigenvalue weighted by atomic mass is 10.2. The molecule has 4 aromatic rings.